The topological polar surface area (TPSA) is 97.6 Å². The van der Waals surface area contributed by atoms with Gasteiger partial charge in [-0.2, -0.15) is 0 Å². The first-order valence-corrected chi connectivity index (χ1v) is 8.53. The van der Waals surface area contributed by atoms with Gasteiger partial charge in [-0.15, -0.1) is 0 Å². The molecular formula is C19H13F4N5O2. The number of likely N-dealkylation sites (N-methyl/N-ethyl adjacent to an activating group) is 1. The zero-order valence-electron chi connectivity index (χ0n) is 15.3. The fraction of sp³-hybridized carbons (Fsp3) is 0.158. The highest BCUT2D eigenvalue weighted by atomic mass is 19.3. The summed E-state index contributed by atoms with van der Waals surface area (Å²) in [4.78, 5) is 25.8. The molecule has 1 amide bonds. The van der Waals surface area contributed by atoms with Crippen LogP contribution in [0.3, 0.4) is 0 Å². The number of hydrogen-bond donors (Lipinski definition) is 1. The predicted octanol–water partition coefficient (Wildman–Crippen LogP) is 2.98. The van der Waals surface area contributed by atoms with Gasteiger partial charge >= 0.3 is 0 Å². The molecule has 0 radical (unpaired) electrons. The molecule has 4 rings (SSSR count). The molecule has 1 aliphatic heterocycles. The van der Waals surface area contributed by atoms with Crippen LogP contribution in [0.2, 0.25) is 0 Å². The van der Waals surface area contributed by atoms with E-state index >= 15 is 0 Å². The lowest BCUT2D eigenvalue weighted by Gasteiger charge is -2.26. The number of nitrogens with zero attached hydrogens (tertiary/aromatic N) is 4. The molecule has 7 nitrogen and oxygen atoms in total. The molecule has 3 aromatic rings. The van der Waals surface area contributed by atoms with Gasteiger partial charge in [0, 0.05) is 7.05 Å². The van der Waals surface area contributed by atoms with Gasteiger partial charge in [0.05, 0.1) is 17.5 Å². The van der Waals surface area contributed by atoms with Crippen LogP contribution in [0, 0.1) is 11.6 Å². The fourth-order valence-electron chi connectivity index (χ4n) is 3.24. The van der Waals surface area contributed by atoms with Crippen molar-refractivity contribution in [2.24, 2.45) is 10.7 Å². The number of nitrogens with two attached hydrogens (primary N) is 1. The van der Waals surface area contributed by atoms with Crippen molar-refractivity contribution >= 4 is 11.9 Å². The van der Waals surface area contributed by atoms with Crippen LogP contribution in [0.15, 0.2) is 52.3 Å². The van der Waals surface area contributed by atoms with E-state index in [-0.39, 0.29) is 28.5 Å². The summed E-state index contributed by atoms with van der Waals surface area (Å²) in [5.74, 6) is -3.66. The summed E-state index contributed by atoms with van der Waals surface area (Å²) in [6, 6.07) is 5.50. The molecule has 1 atom stereocenters. The number of rotatable bonds is 4. The Labute approximate surface area is 166 Å². The van der Waals surface area contributed by atoms with Crippen LogP contribution >= 0.6 is 0 Å². The molecule has 0 aliphatic carbocycles. The highest BCUT2D eigenvalue weighted by Gasteiger charge is 2.51. The van der Waals surface area contributed by atoms with Crippen LogP contribution < -0.4 is 5.73 Å². The van der Waals surface area contributed by atoms with Crippen molar-refractivity contribution in [1.29, 1.82) is 0 Å². The Morgan fingerprint density at radius 1 is 1.23 bits per heavy atom. The zero-order chi connectivity index (χ0) is 21.6. The Morgan fingerprint density at radius 2 is 2.00 bits per heavy atom. The first-order valence-electron chi connectivity index (χ1n) is 8.53. The summed E-state index contributed by atoms with van der Waals surface area (Å²) < 4.78 is 60.5. The minimum atomic E-state index is -2.92. The van der Waals surface area contributed by atoms with Gasteiger partial charge < -0.3 is 10.2 Å². The zero-order valence-corrected chi connectivity index (χ0v) is 15.3. The summed E-state index contributed by atoms with van der Waals surface area (Å²) in [6.45, 7) is 0. The highest BCUT2D eigenvalue weighted by Crippen LogP contribution is 2.41. The third-order valence-corrected chi connectivity index (χ3v) is 4.75. The minimum absolute atomic E-state index is 0.103. The summed E-state index contributed by atoms with van der Waals surface area (Å²) in [5, 5.41) is 0. The lowest BCUT2D eigenvalue weighted by atomic mass is 9.84. The molecule has 1 unspecified atom stereocenters. The maximum Gasteiger partial charge on any atom is 0.280 e. The number of pyridine rings is 1. The molecule has 0 saturated heterocycles. The molecule has 1 aliphatic rings. The van der Waals surface area contributed by atoms with Crippen LogP contribution in [0.25, 0.3) is 11.3 Å². The normalized spacial score (nSPS) is 18.9. The number of halogens is 4. The van der Waals surface area contributed by atoms with E-state index in [1.807, 2.05) is 0 Å². The molecule has 0 fully saturated rings. The Balaban J connectivity index is 2.02. The number of aromatic nitrogens is 2. The molecule has 0 bridgehead atoms. The van der Waals surface area contributed by atoms with Crippen molar-refractivity contribution < 1.29 is 26.8 Å². The second-order valence-electron chi connectivity index (χ2n) is 6.48. The van der Waals surface area contributed by atoms with Crippen molar-refractivity contribution in [3.63, 3.8) is 0 Å². The van der Waals surface area contributed by atoms with Gasteiger partial charge in [0.15, 0.2) is 29.7 Å². The second-order valence-corrected chi connectivity index (χ2v) is 6.48. The number of oxazole rings is 1. The Bertz CT molecular complexity index is 1170. The van der Waals surface area contributed by atoms with Gasteiger partial charge in [-0.05, 0) is 29.8 Å². The SMILES string of the molecule is CN1C(=O)C(c2cc(F)c(F)c(-c3cnco3)c2)(c2cccc(C(F)F)n2)N=C1N. The number of benzene rings is 1. The molecule has 2 N–H and O–H groups in total. The second kappa shape index (κ2) is 6.94. The van der Waals surface area contributed by atoms with Gasteiger partial charge in [0.25, 0.3) is 12.3 Å². The number of hydrogen-bond acceptors (Lipinski definition) is 6. The van der Waals surface area contributed by atoms with Crippen LogP contribution in [0.4, 0.5) is 17.6 Å². The molecule has 30 heavy (non-hydrogen) atoms. The number of amides is 1. The van der Waals surface area contributed by atoms with Crippen LogP contribution in [-0.2, 0) is 10.3 Å². The van der Waals surface area contributed by atoms with E-state index in [9.17, 15) is 22.4 Å². The molecule has 154 valence electrons. The molecule has 0 spiro atoms. The Morgan fingerprint density at radius 3 is 2.60 bits per heavy atom. The van der Waals surface area contributed by atoms with E-state index < -0.39 is 35.2 Å². The van der Waals surface area contributed by atoms with E-state index in [0.717, 1.165) is 35.7 Å². The number of aliphatic imine (C=N–C) groups is 1. The van der Waals surface area contributed by atoms with Gasteiger partial charge in [-0.25, -0.2) is 32.5 Å². The quantitative estimate of drug-likeness (QED) is 0.656. The van der Waals surface area contributed by atoms with E-state index in [1.165, 1.54) is 19.2 Å². The number of guanidine groups is 1. The van der Waals surface area contributed by atoms with E-state index in [1.54, 1.807) is 0 Å². The summed E-state index contributed by atoms with van der Waals surface area (Å²) in [6.07, 6.45) is -0.746. The average molecular weight is 419 g/mol. The third kappa shape index (κ3) is 2.81. The largest absolute Gasteiger partial charge is 0.443 e. The van der Waals surface area contributed by atoms with Gasteiger partial charge in [-0.3, -0.25) is 9.69 Å². The van der Waals surface area contributed by atoms with Gasteiger partial charge in [-0.1, -0.05) is 6.07 Å². The Kier molecular flexibility index (Phi) is 4.52. The smallest absolute Gasteiger partial charge is 0.280 e. The summed E-state index contributed by atoms with van der Waals surface area (Å²) in [7, 11) is 1.32. The van der Waals surface area contributed by atoms with Crippen molar-refractivity contribution in [2.75, 3.05) is 7.05 Å². The molecule has 11 heteroatoms. The van der Waals surface area contributed by atoms with Crippen LogP contribution in [0.1, 0.15) is 23.4 Å². The lowest BCUT2D eigenvalue weighted by molar-refractivity contribution is -0.129. The third-order valence-electron chi connectivity index (χ3n) is 4.75. The van der Waals surface area contributed by atoms with Crippen molar-refractivity contribution in [2.45, 2.75) is 12.0 Å². The molecule has 2 aromatic heterocycles. The number of carbonyl (C=O) groups excluding carboxylic acids is 1. The van der Waals surface area contributed by atoms with Gasteiger partial charge in [0.1, 0.15) is 5.69 Å². The first-order chi connectivity index (χ1) is 14.3. The van der Waals surface area contributed by atoms with Gasteiger partial charge in [0.2, 0.25) is 5.54 Å². The highest BCUT2D eigenvalue weighted by molar-refractivity contribution is 6.08. The molecule has 0 saturated carbocycles. The fourth-order valence-corrected chi connectivity index (χ4v) is 3.24. The van der Waals surface area contributed by atoms with Crippen LogP contribution in [0.5, 0.6) is 0 Å². The van der Waals surface area contributed by atoms with E-state index in [4.69, 9.17) is 10.2 Å². The summed E-state index contributed by atoms with van der Waals surface area (Å²) in [5.41, 5.74) is 2.39. The number of carbonyl (C=O) groups is 1. The van der Waals surface area contributed by atoms with Crippen LogP contribution in [-0.4, -0.2) is 33.8 Å². The predicted molar refractivity (Wildman–Crippen MR) is 96.2 cm³/mol. The lowest BCUT2D eigenvalue weighted by Crippen LogP contribution is -2.41. The standard InChI is InChI=1S/C19H13F4N5O2/c1-28-17(29)19(27-18(28)24,14-4-2-3-12(26-14)16(22)23)9-5-10(13-7-25-8-30-13)15(21)11(20)6-9/h2-8,16H,1H3,(H2,24,27). The molecular weight excluding hydrogens is 406 g/mol. The minimum Gasteiger partial charge on any atom is -0.443 e. The molecule has 1 aromatic carbocycles. The Hall–Kier alpha value is -3.76. The summed E-state index contributed by atoms with van der Waals surface area (Å²) >= 11 is 0. The first kappa shape index (κ1) is 19.6. The number of alkyl halides is 2. The molecule has 3 heterocycles. The monoisotopic (exact) mass is 419 g/mol. The maximum absolute atomic E-state index is 14.5. The average Bonchev–Trinajstić information content (AvgIpc) is 3.34. The van der Waals surface area contributed by atoms with E-state index in [0.29, 0.717) is 0 Å². The van der Waals surface area contributed by atoms with Crippen molar-refractivity contribution in [1.82, 2.24) is 14.9 Å². The van der Waals surface area contributed by atoms with Crippen molar-refractivity contribution in [3.8, 4) is 11.3 Å². The van der Waals surface area contributed by atoms with E-state index in [2.05, 4.69) is 15.0 Å². The van der Waals surface area contributed by atoms with Crippen molar-refractivity contribution in [3.05, 3.63) is 71.5 Å². The maximum atomic E-state index is 14.5.